The van der Waals surface area contributed by atoms with Crippen molar-refractivity contribution >= 4 is 11.3 Å². The van der Waals surface area contributed by atoms with Gasteiger partial charge in [-0.1, -0.05) is 20.3 Å². The van der Waals surface area contributed by atoms with Gasteiger partial charge < -0.3 is 5.73 Å². The maximum Gasteiger partial charge on any atom is 0.0564 e. The van der Waals surface area contributed by atoms with Crippen molar-refractivity contribution < 1.29 is 0 Å². The molecule has 0 saturated carbocycles. The summed E-state index contributed by atoms with van der Waals surface area (Å²) in [6.45, 7) is 7.72. The van der Waals surface area contributed by atoms with Gasteiger partial charge in [0, 0.05) is 22.8 Å². The molecule has 1 aromatic rings. The molecule has 2 nitrogen and oxygen atoms in total. The molecule has 2 N–H and O–H groups in total. The number of hydrogen-bond acceptors (Lipinski definition) is 3. The fourth-order valence-electron chi connectivity index (χ4n) is 2.69. The molecule has 2 rings (SSSR count). The van der Waals surface area contributed by atoms with E-state index in [1.807, 2.05) is 11.3 Å². The first-order chi connectivity index (χ1) is 8.28. The predicted molar refractivity (Wildman–Crippen MR) is 75.5 cm³/mol. The van der Waals surface area contributed by atoms with E-state index in [2.05, 4.69) is 30.9 Å². The van der Waals surface area contributed by atoms with Crippen molar-refractivity contribution in [1.82, 2.24) is 4.90 Å². The molecule has 0 spiro atoms. The van der Waals surface area contributed by atoms with Crippen LogP contribution in [0.15, 0.2) is 12.1 Å². The Hall–Kier alpha value is -0.380. The summed E-state index contributed by atoms with van der Waals surface area (Å²) in [5.41, 5.74) is 5.99. The van der Waals surface area contributed by atoms with E-state index in [-0.39, 0.29) is 0 Å². The molecule has 1 fully saturated rings. The number of likely N-dealkylation sites (tertiary alicyclic amines) is 1. The van der Waals surface area contributed by atoms with Crippen LogP contribution >= 0.6 is 11.3 Å². The molecule has 1 aliphatic rings. The van der Waals surface area contributed by atoms with E-state index in [1.54, 1.807) is 0 Å². The van der Waals surface area contributed by atoms with Crippen molar-refractivity contribution in [3.05, 3.63) is 21.9 Å². The van der Waals surface area contributed by atoms with Crippen LogP contribution in [0, 0.1) is 5.92 Å². The minimum Gasteiger partial charge on any atom is -0.329 e. The highest BCUT2D eigenvalue weighted by Crippen LogP contribution is 2.32. The van der Waals surface area contributed by atoms with Gasteiger partial charge in [0.05, 0.1) is 6.04 Å². The van der Waals surface area contributed by atoms with Crippen LogP contribution in [0.3, 0.4) is 0 Å². The molecule has 0 amide bonds. The summed E-state index contributed by atoms with van der Waals surface area (Å²) in [4.78, 5) is 5.52. The zero-order valence-corrected chi connectivity index (χ0v) is 11.8. The Balaban J connectivity index is 2.06. The monoisotopic (exact) mass is 252 g/mol. The normalized spacial score (nSPS) is 23.1. The summed E-state index contributed by atoms with van der Waals surface area (Å²) in [7, 11) is 0. The fourth-order valence-corrected chi connectivity index (χ4v) is 3.79. The SMILES string of the molecule is CCc1ccc(C(CN)N2CCC(CC)C2)s1. The number of aryl methyl sites for hydroxylation is 1. The van der Waals surface area contributed by atoms with Crippen molar-refractivity contribution in [2.75, 3.05) is 19.6 Å². The number of hydrogen-bond donors (Lipinski definition) is 1. The number of nitrogens with zero attached hydrogens (tertiary/aromatic N) is 1. The first-order valence-electron chi connectivity index (χ1n) is 6.81. The third kappa shape index (κ3) is 2.90. The maximum atomic E-state index is 5.99. The van der Waals surface area contributed by atoms with Gasteiger partial charge in [-0.15, -0.1) is 11.3 Å². The Morgan fingerprint density at radius 3 is 2.82 bits per heavy atom. The zero-order valence-electron chi connectivity index (χ0n) is 11.0. The summed E-state index contributed by atoms with van der Waals surface area (Å²) < 4.78 is 0. The standard InChI is InChI=1S/C14H24N2S/c1-3-11-7-8-16(10-11)13(9-15)14-6-5-12(4-2)17-14/h5-6,11,13H,3-4,7-10,15H2,1-2H3. The summed E-state index contributed by atoms with van der Waals surface area (Å²) in [5.74, 6) is 0.884. The molecule has 3 heteroatoms. The molecular weight excluding hydrogens is 228 g/mol. The lowest BCUT2D eigenvalue weighted by molar-refractivity contribution is 0.244. The van der Waals surface area contributed by atoms with E-state index in [1.165, 1.54) is 35.7 Å². The van der Waals surface area contributed by atoms with E-state index in [0.29, 0.717) is 6.04 Å². The molecule has 2 atom stereocenters. The van der Waals surface area contributed by atoms with Crippen molar-refractivity contribution in [1.29, 1.82) is 0 Å². The average molecular weight is 252 g/mol. The molecular formula is C14H24N2S. The first-order valence-corrected chi connectivity index (χ1v) is 7.62. The molecule has 0 bridgehead atoms. The fraction of sp³-hybridized carbons (Fsp3) is 0.714. The Morgan fingerprint density at radius 2 is 2.29 bits per heavy atom. The number of rotatable bonds is 5. The molecule has 0 radical (unpaired) electrons. The molecule has 0 aromatic carbocycles. The number of nitrogens with two attached hydrogens (primary N) is 1. The zero-order chi connectivity index (χ0) is 12.3. The Kier molecular flexibility index (Phi) is 4.60. The lowest BCUT2D eigenvalue weighted by Gasteiger charge is -2.25. The topological polar surface area (TPSA) is 29.3 Å². The van der Waals surface area contributed by atoms with Gasteiger partial charge in [-0.25, -0.2) is 0 Å². The van der Waals surface area contributed by atoms with Gasteiger partial charge in [-0.3, -0.25) is 4.90 Å². The smallest absolute Gasteiger partial charge is 0.0564 e. The molecule has 1 saturated heterocycles. The first kappa shape index (κ1) is 13.1. The second-order valence-electron chi connectivity index (χ2n) is 4.97. The minimum absolute atomic E-state index is 0.455. The van der Waals surface area contributed by atoms with E-state index < -0.39 is 0 Å². The van der Waals surface area contributed by atoms with Crippen LogP contribution in [0.5, 0.6) is 0 Å². The summed E-state index contributed by atoms with van der Waals surface area (Å²) in [6.07, 6.45) is 3.79. The molecule has 17 heavy (non-hydrogen) atoms. The Bertz CT molecular complexity index is 348. The van der Waals surface area contributed by atoms with Crippen LogP contribution < -0.4 is 5.73 Å². The highest BCUT2D eigenvalue weighted by atomic mass is 32.1. The van der Waals surface area contributed by atoms with Crippen molar-refractivity contribution in [3.63, 3.8) is 0 Å². The van der Waals surface area contributed by atoms with Gasteiger partial charge >= 0.3 is 0 Å². The van der Waals surface area contributed by atoms with Crippen molar-refractivity contribution in [3.8, 4) is 0 Å². The van der Waals surface area contributed by atoms with Gasteiger partial charge in [0.1, 0.15) is 0 Å². The quantitative estimate of drug-likeness (QED) is 0.873. The highest BCUT2D eigenvalue weighted by Gasteiger charge is 2.28. The lowest BCUT2D eigenvalue weighted by Crippen LogP contribution is -2.31. The van der Waals surface area contributed by atoms with Gasteiger partial charge in [-0.05, 0) is 37.4 Å². The van der Waals surface area contributed by atoms with E-state index >= 15 is 0 Å². The third-order valence-corrected chi connectivity index (χ3v) is 5.25. The van der Waals surface area contributed by atoms with E-state index in [4.69, 9.17) is 5.73 Å². The van der Waals surface area contributed by atoms with Crippen LogP contribution in [0.25, 0.3) is 0 Å². The van der Waals surface area contributed by atoms with Crippen LogP contribution in [0.2, 0.25) is 0 Å². The van der Waals surface area contributed by atoms with Gasteiger partial charge in [0.25, 0.3) is 0 Å². The number of thiophene rings is 1. The summed E-state index contributed by atoms with van der Waals surface area (Å²) in [6, 6.07) is 4.99. The lowest BCUT2D eigenvalue weighted by atomic mass is 10.1. The Labute approximate surface area is 109 Å². The highest BCUT2D eigenvalue weighted by molar-refractivity contribution is 7.12. The molecule has 2 heterocycles. The second kappa shape index (κ2) is 5.98. The molecule has 1 aromatic heterocycles. The van der Waals surface area contributed by atoms with E-state index in [9.17, 15) is 0 Å². The molecule has 2 unspecified atom stereocenters. The average Bonchev–Trinajstić information content (AvgIpc) is 2.99. The van der Waals surface area contributed by atoms with Crippen molar-refractivity contribution in [2.24, 2.45) is 11.7 Å². The van der Waals surface area contributed by atoms with Gasteiger partial charge in [0.2, 0.25) is 0 Å². The Morgan fingerprint density at radius 1 is 1.47 bits per heavy atom. The van der Waals surface area contributed by atoms with Gasteiger partial charge in [0.15, 0.2) is 0 Å². The maximum absolute atomic E-state index is 5.99. The van der Waals surface area contributed by atoms with E-state index in [0.717, 1.165) is 18.9 Å². The second-order valence-corrected chi connectivity index (χ2v) is 6.17. The van der Waals surface area contributed by atoms with Crippen LogP contribution in [0.1, 0.15) is 42.5 Å². The third-order valence-electron chi connectivity index (χ3n) is 3.92. The van der Waals surface area contributed by atoms with Crippen molar-refractivity contribution in [2.45, 2.75) is 39.2 Å². The van der Waals surface area contributed by atoms with Crippen LogP contribution in [-0.4, -0.2) is 24.5 Å². The predicted octanol–water partition coefficient (Wildman–Crippen LogP) is 3.04. The largest absolute Gasteiger partial charge is 0.329 e. The molecule has 1 aliphatic heterocycles. The van der Waals surface area contributed by atoms with Crippen LogP contribution in [0.4, 0.5) is 0 Å². The summed E-state index contributed by atoms with van der Waals surface area (Å²) in [5, 5.41) is 0. The van der Waals surface area contributed by atoms with Gasteiger partial charge in [-0.2, -0.15) is 0 Å². The van der Waals surface area contributed by atoms with Crippen LogP contribution in [-0.2, 0) is 6.42 Å². The minimum atomic E-state index is 0.455. The summed E-state index contributed by atoms with van der Waals surface area (Å²) >= 11 is 1.94. The molecule has 0 aliphatic carbocycles. The molecule has 96 valence electrons.